The van der Waals surface area contributed by atoms with E-state index in [1.54, 1.807) is 24.3 Å². The smallest absolute Gasteiger partial charge is 0.320 e. The van der Waals surface area contributed by atoms with Crippen molar-refractivity contribution in [3.8, 4) is 0 Å². The number of amides is 2. The Morgan fingerprint density at radius 3 is 2.24 bits per heavy atom. The van der Waals surface area contributed by atoms with Crippen molar-refractivity contribution >= 4 is 76.0 Å². The lowest BCUT2D eigenvalue weighted by Gasteiger charge is -2.06. The normalized spacial score (nSPS) is 10.6. The molecule has 6 nitrogen and oxygen atoms in total. The standard InChI is InChI=1S/C15H9Cl4N3O3/c16-8-1-3-9(4-2-8)21-15(24)25-20-7-14(23)22-13-6-11(18)10(17)5-12(13)19/h1-7H,(H,21,24)(H,22,23)/b20-7-. The molecule has 0 fully saturated rings. The summed E-state index contributed by atoms with van der Waals surface area (Å²) in [6, 6.07) is 9.10. The lowest BCUT2D eigenvalue weighted by atomic mass is 10.3. The number of hydrogen-bond donors (Lipinski definition) is 2. The first-order valence-corrected chi connectivity index (χ1v) is 8.09. The summed E-state index contributed by atoms with van der Waals surface area (Å²) >= 11 is 23.3. The molecule has 0 aliphatic carbocycles. The van der Waals surface area contributed by atoms with Crippen molar-refractivity contribution in [2.24, 2.45) is 5.16 Å². The summed E-state index contributed by atoms with van der Waals surface area (Å²) in [5, 5.41) is 9.27. The van der Waals surface area contributed by atoms with Crippen LogP contribution in [0.5, 0.6) is 0 Å². The summed E-state index contributed by atoms with van der Waals surface area (Å²) in [5.74, 6) is -0.681. The second kappa shape index (κ2) is 8.92. The lowest BCUT2D eigenvalue weighted by Crippen LogP contribution is -2.15. The molecule has 0 atom stereocenters. The summed E-state index contributed by atoms with van der Waals surface area (Å²) in [6.45, 7) is 0. The Morgan fingerprint density at radius 1 is 0.920 bits per heavy atom. The molecule has 0 aliphatic heterocycles. The van der Waals surface area contributed by atoms with Crippen LogP contribution in [0.1, 0.15) is 0 Å². The molecule has 0 heterocycles. The third kappa shape index (κ3) is 6.10. The Bertz CT molecular complexity index is 826. The molecular formula is C15H9Cl4N3O3. The molecule has 0 unspecified atom stereocenters. The van der Waals surface area contributed by atoms with E-state index in [4.69, 9.17) is 46.4 Å². The van der Waals surface area contributed by atoms with Crippen molar-refractivity contribution in [2.75, 3.05) is 10.6 Å². The van der Waals surface area contributed by atoms with Gasteiger partial charge in [0.2, 0.25) is 0 Å². The van der Waals surface area contributed by atoms with E-state index in [0.29, 0.717) is 10.7 Å². The van der Waals surface area contributed by atoms with Crippen LogP contribution in [0.15, 0.2) is 41.6 Å². The van der Waals surface area contributed by atoms with Gasteiger partial charge in [-0.1, -0.05) is 51.6 Å². The van der Waals surface area contributed by atoms with Crippen LogP contribution in [0, 0.1) is 0 Å². The van der Waals surface area contributed by atoms with E-state index < -0.39 is 12.0 Å². The first-order valence-electron chi connectivity index (χ1n) is 6.57. The Morgan fingerprint density at radius 2 is 1.56 bits per heavy atom. The van der Waals surface area contributed by atoms with Gasteiger partial charge in [-0.05, 0) is 36.4 Å². The topological polar surface area (TPSA) is 79.8 Å². The molecule has 2 aromatic carbocycles. The Balaban J connectivity index is 1.87. The average Bonchev–Trinajstić information content (AvgIpc) is 2.55. The van der Waals surface area contributed by atoms with Crippen LogP contribution in [-0.2, 0) is 9.63 Å². The third-order valence-corrected chi connectivity index (χ3v) is 3.95. The quantitative estimate of drug-likeness (QED) is 0.297. The number of nitrogens with zero attached hydrogens (tertiary/aromatic N) is 1. The fourth-order valence-electron chi connectivity index (χ4n) is 1.58. The van der Waals surface area contributed by atoms with Gasteiger partial charge in [-0.3, -0.25) is 14.9 Å². The molecule has 2 amide bonds. The van der Waals surface area contributed by atoms with Gasteiger partial charge in [0.05, 0.1) is 20.8 Å². The first-order chi connectivity index (χ1) is 11.8. The molecule has 0 aliphatic rings. The number of hydrogen-bond acceptors (Lipinski definition) is 4. The lowest BCUT2D eigenvalue weighted by molar-refractivity contribution is -0.110. The predicted molar refractivity (Wildman–Crippen MR) is 100 cm³/mol. The number of anilines is 2. The highest BCUT2D eigenvalue weighted by Gasteiger charge is 2.09. The second-order valence-corrected chi connectivity index (χ2v) is 6.14. The van der Waals surface area contributed by atoms with Crippen molar-refractivity contribution in [1.29, 1.82) is 0 Å². The first kappa shape index (κ1) is 19.3. The zero-order valence-electron chi connectivity index (χ0n) is 12.2. The van der Waals surface area contributed by atoms with Gasteiger partial charge in [0, 0.05) is 10.7 Å². The van der Waals surface area contributed by atoms with Crippen molar-refractivity contribution in [1.82, 2.24) is 0 Å². The van der Waals surface area contributed by atoms with Crippen LogP contribution in [0.2, 0.25) is 20.1 Å². The van der Waals surface area contributed by atoms with Gasteiger partial charge in [0.25, 0.3) is 5.91 Å². The molecule has 25 heavy (non-hydrogen) atoms. The number of rotatable bonds is 4. The summed E-state index contributed by atoms with van der Waals surface area (Å²) in [4.78, 5) is 27.7. The van der Waals surface area contributed by atoms with Gasteiger partial charge in [-0.25, -0.2) is 4.79 Å². The minimum absolute atomic E-state index is 0.192. The number of carbonyl (C=O) groups excluding carboxylic acids is 2. The van der Waals surface area contributed by atoms with E-state index in [0.717, 1.165) is 6.21 Å². The SMILES string of the molecule is O=C(/C=N\OC(=O)Nc1ccc(Cl)cc1)Nc1cc(Cl)c(Cl)cc1Cl. The molecule has 2 N–H and O–H groups in total. The van der Waals surface area contributed by atoms with Gasteiger partial charge < -0.3 is 5.32 Å². The average molecular weight is 421 g/mol. The van der Waals surface area contributed by atoms with E-state index in [-0.39, 0.29) is 20.8 Å². The summed E-state index contributed by atoms with van der Waals surface area (Å²) in [6.07, 6.45) is -0.112. The number of nitrogens with one attached hydrogen (secondary N) is 2. The molecule has 0 saturated heterocycles. The number of halogens is 4. The van der Waals surface area contributed by atoms with Crippen LogP contribution in [0.3, 0.4) is 0 Å². The van der Waals surface area contributed by atoms with Crippen LogP contribution >= 0.6 is 46.4 Å². The molecule has 2 rings (SSSR count). The van der Waals surface area contributed by atoms with E-state index >= 15 is 0 Å². The molecule has 2 aromatic rings. The molecule has 0 bridgehead atoms. The Kier molecular flexibility index (Phi) is 6.90. The van der Waals surface area contributed by atoms with Gasteiger partial charge >= 0.3 is 6.09 Å². The molecular weight excluding hydrogens is 412 g/mol. The van der Waals surface area contributed by atoms with E-state index in [1.807, 2.05) is 0 Å². The highest BCUT2D eigenvalue weighted by atomic mass is 35.5. The summed E-state index contributed by atoms with van der Waals surface area (Å²) in [5.41, 5.74) is 0.690. The van der Waals surface area contributed by atoms with E-state index in [9.17, 15) is 9.59 Å². The number of oxime groups is 1. The molecule has 0 spiro atoms. The monoisotopic (exact) mass is 419 g/mol. The van der Waals surface area contributed by atoms with Crippen molar-refractivity contribution in [2.45, 2.75) is 0 Å². The van der Waals surface area contributed by atoms with Gasteiger partial charge in [-0.2, -0.15) is 0 Å². The van der Waals surface area contributed by atoms with Gasteiger partial charge in [0.1, 0.15) is 6.21 Å². The van der Waals surface area contributed by atoms with Gasteiger partial charge in [0.15, 0.2) is 0 Å². The third-order valence-electron chi connectivity index (χ3n) is 2.66. The maximum absolute atomic E-state index is 11.7. The summed E-state index contributed by atoms with van der Waals surface area (Å²) < 4.78 is 0. The van der Waals surface area contributed by atoms with E-state index in [2.05, 4.69) is 20.6 Å². The molecule has 0 aromatic heterocycles. The van der Waals surface area contributed by atoms with Crippen LogP contribution in [0.4, 0.5) is 16.2 Å². The number of carbonyl (C=O) groups is 2. The fourth-order valence-corrected chi connectivity index (χ4v) is 2.30. The Labute approximate surface area is 162 Å². The largest absolute Gasteiger partial charge is 0.437 e. The molecule has 0 radical (unpaired) electrons. The van der Waals surface area contributed by atoms with E-state index in [1.165, 1.54) is 12.1 Å². The van der Waals surface area contributed by atoms with Crippen LogP contribution in [-0.4, -0.2) is 18.2 Å². The second-order valence-electron chi connectivity index (χ2n) is 4.48. The van der Waals surface area contributed by atoms with Crippen molar-refractivity contribution in [3.63, 3.8) is 0 Å². The Hall–Kier alpha value is -1.99. The number of benzene rings is 2. The van der Waals surface area contributed by atoms with Crippen molar-refractivity contribution in [3.05, 3.63) is 56.5 Å². The molecule has 0 saturated carbocycles. The fraction of sp³-hybridized carbons (Fsp3) is 0. The van der Waals surface area contributed by atoms with Crippen molar-refractivity contribution < 1.29 is 14.4 Å². The zero-order chi connectivity index (χ0) is 18.4. The van der Waals surface area contributed by atoms with Crippen LogP contribution in [0.25, 0.3) is 0 Å². The molecule has 130 valence electrons. The van der Waals surface area contributed by atoms with Gasteiger partial charge in [-0.15, -0.1) is 0 Å². The maximum Gasteiger partial charge on any atom is 0.437 e. The van der Waals surface area contributed by atoms with Crippen LogP contribution < -0.4 is 10.6 Å². The summed E-state index contributed by atoms with van der Waals surface area (Å²) in [7, 11) is 0. The minimum Gasteiger partial charge on any atom is -0.320 e. The zero-order valence-corrected chi connectivity index (χ0v) is 15.2. The predicted octanol–water partition coefficient (Wildman–Crippen LogP) is 5.47. The minimum atomic E-state index is -0.876. The highest BCUT2D eigenvalue weighted by molar-refractivity contribution is 6.44. The highest BCUT2D eigenvalue weighted by Crippen LogP contribution is 2.32. The molecule has 10 heteroatoms. The maximum atomic E-state index is 11.7.